The minimum absolute atomic E-state index is 0.0336. The number of aryl methyl sites for hydroxylation is 1. The number of rotatable bonds is 1. The molecule has 0 aliphatic carbocycles. The summed E-state index contributed by atoms with van der Waals surface area (Å²) in [5.41, 5.74) is 2.73. The van der Waals surface area contributed by atoms with Crippen molar-refractivity contribution in [3.05, 3.63) is 21.8 Å². The number of aromatic nitrogens is 1. The molecule has 0 saturated carbocycles. The molecule has 0 unspecified atom stereocenters. The lowest BCUT2D eigenvalue weighted by Crippen LogP contribution is -2.27. The lowest BCUT2D eigenvalue weighted by atomic mass is 10.1. The maximum absolute atomic E-state index is 13.4. The van der Waals surface area contributed by atoms with E-state index in [1.807, 2.05) is 25.7 Å². The minimum atomic E-state index is -2.54. The Morgan fingerprint density at radius 2 is 1.79 bits per heavy atom. The molecule has 1 aromatic heterocycles. The van der Waals surface area contributed by atoms with E-state index in [1.54, 1.807) is 0 Å². The molecule has 1 aliphatic rings. The molecule has 1 fully saturated rings. The highest BCUT2D eigenvalue weighted by Gasteiger charge is 2.32. The van der Waals surface area contributed by atoms with E-state index in [1.165, 1.54) is 0 Å². The number of anilines is 1. The van der Waals surface area contributed by atoms with E-state index in [0.717, 1.165) is 22.6 Å². The normalized spacial score (nSPS) is 19.4. The summed E-state index contributed by atoms with van der Waals surface area (Å²) in [6, 6.07) is 0. The Morgan fingerprint density at radius 1 is 1.11 bits per heavy atom. The van der Waals surface area contributed by atoms with Gasteiger partial charge in [-0.2, -0.15) is 0 Å². The molecule has 2 nitrogen and oxygen atoms in total. The van der Waals surface area contributed by atoms with Crippen molar-refractivity contribution in [3.8, 4) is 0 Å². The third-order valence-electron chi connectivity index (χ3n) is 3.84. The smallest absolute Gasteiger partial charge is 0.249 e. The molecule has 2 heterocycles. The lowest BCUT2D eigenvalue weighted by Gasteiger charge is -2.25. The van der Waals surface area contributed by atoms with Gasteiger partial charge in [-0.15, -0.1) is 0 Å². The fraction of sp³-hybridized carbons (Fsp3) is 0.643. The number of hydrogen-bond acceptors (Lipinski definition) is 2. The van der Waals surface area contributed by atoms with Crippen LogP contribution in [0.3, 0.4) is 0 Å². The standard InChI is InChI=1S/C14H19ClF2N2/c1-9-10(2)13(18-11(3)12(9)15)19-7-4-5-14(16,17)6-8-19/h4-8H2,1-3H3. The zero-order valence-corrected chi connectivity index (χ0v) is 12.3. The Kier molecular flexibility index (Phi) is 4.00. The van der Waals surface area contributed by atoms with Crippen LogP contribution in [0.1, 0.15) is 36.1 Å². The molecule has 0 aromatic carbocycles. The van der Waals surface area contributed by atoms with Crippen LogP contribution in [0.4, 0.5) is 14.6 Å². The first-order valence-electron chi connectivity index (χ1n) is 6.58. The van der Waals surface area contributed by atoms with Crippen molar-refractivity contribution >= 4 is 17.4 Å². The molecule has 5 heteroatoms. The second-order valence-corrected chi connectivity index (χ2v) is 5.66. The molecule has 0 atom stereocenters. The summed E-state index contributed by atoms with van der Waals surface area (Å²) in [5.74, 6) is -1.74. The topological polar surface area (TPSA) is 16.1 Å². The van der Waals surface area contributed by atoms with Crippen LogP contribution in [0.15, 0.2) is 0 Å². The first-order valence-corrected chi connectivity index (χ1v) is 6.96. The second-order valence-electron chi connectivity index (χ2n) is 5.28. The monoisotopic (exact) mass is 288 g/mol. The highest BCUT2D eigenvalue weighted by Crippen LogP contribution is 2.33. The number of nitrogens with zero attached hydrogens (tertiary/aromatic N) is 2. The van der Waals surface area contributed by atoms with E-state index in [2.05, 4.69) is 4.98 Å². The zero-order valence-electron chi connectivity index (χ0n) is 11.6. The quantitative estimate of drug-likeness (QED) is 0.766. The molecule has 106 valence electrons. The van der Waals surface area contributed by atoms with Crippen LogP contribution in [0.25, 0.3) is 0 Å². The second kappa shape index (κ2) is 5.23. The Morgan fingerprint density at radius 3 is 2.47 bits per heavy atom. The van der Waals surface area contributed by atoms with Crippen molar-refractivity contribution in [1.29, 1.82) is 0 Å². The van der Waals surface area contributed by atoms with Gasteiger partial charge in [-0.1, -0.05) is 11.6 Å². The highest BCUT2D eigenvalue weighted by molar-refractivity contribution is 6.32. The van der Waals surface area contributed by atoms with E-state index in [9.17, 15) is 8.78 Å². The highest BCUT2D eigenvalue weighted by atomic mass is 35.5. The van der Waals surface area contributed by atoms with Crippen molar-refractivity contribution in [2.45, 2.75) is 46.0 Å². The molecule has 1 aliphatic heterocycles. The molecule has 1 aromatic rings. The van der Waals surface area contributed by atoms with Crippen molar-refractivity contribution in [2.24, 2.45) is 0 Å². The number of halogens is 3. The maximum atomic E-state index is 13.4. The van der Waals surface area contributed by atoms with Crippen LogP contribution in [-0.4, -0.2) is 24.0 Å². The van der Waals surface area contributed by atoms with E-state index < -0.39 is 5.92 Å². The van der Waals surface area contributed by atoms with Gasteiger partial charge in [0.15, 0.2) is 0 Å². The number of alkyl halides is 2. The SMILES string of the molecule is Cc1nc(N2CCCC(F)(F)CC2)c(C)c(C)c1Cl. The number of pyridine rings is 1. The van der Waals surface area contributed by atoms with Gasteiger partial charge in [0, 0.05) is 25.9 Å². The molecule has 0 spiro atoms. The summed E-state index contributed by atoms with van der Waals surface area (Å²) in [6.07, 6.45) is 0.359. The minimum Gasteiger partial charge on any atom is -0.356 e. The Hall–Kier alpha value is -0.900. The van der Waals surface area contributed by atoms with Gasteiger partial charge in [-0.3, -0.25) is 0 Å². The summed E-state index contributed by atoms with van der Waals surface area (Å²) in [5, 5.41) is 0.668. The van der Waals surface area contributed by atoms with Gasteiger partial charge in [0.1, 0.15) is 5.82 Å². The first kappa shape index (κ1) is 14.5. The van der Waals surface area contributed by atoms with Gasteiger partial charge >= 0.3 is 0 Å². The zero-order chi connectivity index (χ0) is 14.2. The molecule has 0 N–H and O–H groups in total. The predicted molar refractivity (Wildman–Crippen MR) is 74.5 cm³/mol. The third kappa shape index (κ3) is 2.99. The van der Waals surface area contributed by atoms with Gasteiger partial charge in [-0.25, -0.2) is 13.8 Å². The van der Waals surface area contributed by atoms with Gasteiger partial charge in [-0.05, 0) is 38.3 Å². The predicted octanol–water partition coefficient (Wildman–Crippen LogP) is 4.29. The van der Waals surface area contributed by atoms with Gasteiger partial charge in [0.05, 0.1) is 10.7 Å². The van der Waals surface area contributed by atoms with E-state index >= 15 is 0 Å². The molecule has 1 saturated heterocycles. The van der Waals surface area contributed by atoms with Crippen molar-refractivity contribution in [2.75, 3.05) is 18.0 Å². The molecule has 0 bridgehead atoms. The van der Waals surface area contributed by atoms with Crippen LogP contribution in [0.5, 0.6) is 0 Å². The van der Waals surface area contributed by atoms with Crippen LogP contribution in [0, 0.1) is 20.8 Å². The average Bonchev–Trinajstić information content (AvgIpc) is 2.52. The maximum Gasteiger partial charge on any atom is 0.249 e. The average molecular weight is 289 g/mol. The molecule has 0 radical (unpaired) electrons. The van der Waals surface area contributed by atoms with E-state index in [0.29, 0.717) is 24.5 Å². The first-order chi connectivity index (χ1) is 8.82. The Bertz CT molecular complexity index is 489. The van der Waals surface area contributed by atoms with Crippen LogP contribution < -0.4 is 4.90 Å². The fourth-order valence-corrected chi connectivity index (χ4v) is 2.66. The third-order valence-corrected chi connectivity index (χ3v) is 4.39. The lowest BCUT2D eigenvalue weighted by molar-refractivity contribution is -0.0102. The van der Waals surface area contributed by atoms with Crippen LogP contribution in [0.2, 0.25) is 5.02 Å². The summed E-state index contributed by atoms with van der Waals surface area (Å²) in [7, 11) is 0. The van der Waals surface area contributed by atoms with E-state index in [-0.39, 0.29) is 12.8 Å². The van der Waals surface area contributed by atoms with Gasteiger partial charge in [0.25, 0.3) is 0 Å². The Balaban J connectivity index is 2.32. The van der Waals surface area contributed by atoms with Crippen molar-refractivity contribution < 1.29 is 8.78 Å². The largest absolute Gasteiger partial charge is 0.356 e. The summed E-state index contributed by atoms with van der Waals surface area (Å²) in [4.78, 5) is 6.46. The summed E-state index contributed by atoms with van der Waals surface area (Å²) < 4.78 is 26.8. The van der Waals surface area contributed by atoms with Crippen molar-refractivity contribution in [1.82, 2.24) is 4.98 Å². The van der Waals surface area contributed by atoms with Gasteiger partial charge in [0.2, 0.25) is 5.92 Å². The number of hydrogen-bond donors (Lipinski definition) is 0. The molecule has 0 amide bonds. The van der Waals surface area contributed by atoms with Crippen LogP contribution in [-0.2, 0) is 0 Å². The van der Waals surface area contributed by atoms with Crippen LogP contribution >= 0.6 is 11.6 Å². The molecular formula is C14H19ClF2N2. The fourth-order valence-electron chi connectivity index (χ4n) is 2.48. The summed E-state index contributed by atoms with van der Waals surface area (Å²) in [6.45, 7) is 6.73. The van der Waals surface area contributed by atoms with Crippen molar-refractivity contribution in [3.63, 3.8) is 0 Å². The molecule has 2 rings (SSSR count). The molecular weight excluding hydrogens is 270 g/mol. The Labute approximate surface area is 117 Å². The molecule has 19 heavy (non-hydrogen) atoms. The van der Waals surface area contributed by atoms with Gasteiger partial charge < -0.3 is 4.90 Å². The summed E-state index contributed by atoms with van der Waals surface area (Å²) >= 11 is 6.17. The van der Waals surface area contributed by atoms with E-state index in [4.69, 9.17) is 11.6 Å².